The molecular weight excluding hydrogens is 362 g/mol. The van der Waals surface area contributed by atoms with Crippen molar-refractivity contribution < 1.29 is 17.9 Å². The summed E-state index contributed by atoms with van der Waals surface area (Å²) in [6, 6.07) is 6.61. The van der Waals surface area contributed by atoms with Crippen LogP contribution in [-0.2, 0) is 21.2 Å². The summed E-state index contributed by atoms with van der Waals surface area (Å²) < 4.78 is 32.0. The Kier molecular flexibility index (Phi) is 6.77. The molecule has 0 radical (unpaired) electrons. The van der Waals surface area contributed by atoms with E-state index in [-0.39, 0.29) is 11.7 Å². The van der Waals surface area contributed by atoms with Crippen LogP contribution in [0.3, 0.4) is 0 Å². The monoisotopic (exact) mass is 383 g/mol. The van der Waals surface area contributed by atoms with Crippen LogP contribution in [0.5, 0.6) is 5.75 Å². The lowest BCUT2D eigenvalue weighted by molar-refractivity contribution is -0.123. The number of ether oxygens (including phenoxy) is 1. The van der Waals surface area contributed by atoms with Crippen molar-refractivity contribution in [2.75, 3.05) is 24.1 Å². The smallest absolute Gasteiger partial charge is 0.233 e. The van der Waals surface area contributed by atoms with Crippen molar-refractivity contribution in [3.63, 3.8) is 0 Å². The molecule has 136 valence electrons. The van der Waals surface area contributed by atoms with E-state index in [2.05, 4.69) is 15.0 Å². The predicted octanol–water partition coefficient (Wildman–Crippen LogP) is 1.89. The molecule has 1 atom stereocenters. The number of rotatable bonds is 9. The van der Waals surface area contributed by atoms with Gasteiger partial charge in [-0.05, 0) is 12.1 Å². The lowest BCUT2D eigenvalue weighted by atomic mass is 10.2. The third kappa shape index (κ3) is 6.35. The number of carbonyl (C=O) groups excluding carboxylic acids is 1. The van der Waals surface area contributed by atoms with Crippen molar-refractivity contribution >= 4 is 33.0 Å². The fraction of sp³-hybridized carbons (Fsp3) is 0.375. The molecule has 1 heterocycles. The van der Waals surface area contributed by atoms with E-state index >= 15 is 0 Å². The molecule has 0 saturated heterocycles. The Bertz CT molecular complexity index is 791. The fourth-order valence-electron chi connectivity index (χ4n) is 2.16. The second kappa shape index (κ2) is 8.82. The van der Waals surface area contributed by atoms with Gasteiger partial charge >= 0.3 is 0 Å². The largest absolute Gasteiger partial charge is 0.497 e. The Morgan fingerprint density at radius 1 is 1.40 bits per heavy atom. The maximum Gasteiger partial charge on any atom is 0.233 e. The van der Waals surface area contributed by atoms with E-state index < -0.39 is 15.9 Å². The van der Waals surface area contributed by atoms with Gasteiger partial charge in [-0.2, -0.15) is 0 Å². The number of benzene rings is 1. The number of methoxy groups -OCH3 is 1. The molecular formula is C16H21N3O4S2. The molecule has 2 aromatic rings. The van der Waals surface area contributed by atoms with E-state index in [1.54, 1.807) is 36.7 Å². The number of hydrogen-bond acceptors (Lipinski definition) is 6. The zero-order chi connectivity index (χ0) is 18.3. The molecule has 0 spiro atoms. The molecule has 25 heavy (non-hydrogen) atoms. The van der Waals surface area contributed by atoms with Crippen LogP contribution in [0, 0.1) is 5.92 Å². The molecule has 7 nitrogen and oxygen atoms in total. The summed E-state index contributed by atoms with van der Waals surface area (Å²) in [4.78, 5) is 16.2. The highest BCUT2D eigenvalue weighted by atomic mass is 32.2. The van der Waals surface area contributed by atoms with Gasteiger partial charge in [0.15, 0.2) is 0 Å². The number of amides is 1. The highest BCUT2D eigenvalue weighted by molar-refractivity contribution is 7.92. The molecule has 0 saturated carbocycles. The van der Waals surface area contributed by atoms with Crippen LogP contribution in [0.4, 0.5) is 5.69 Å². The summed E-state index contributed by atoms with van der Waals surface area (Å²) in [5.74, 6) is -0.718. The zero-order valence-electron chi connectivity index (χ0n) is 14.1. The normalized spacial score (nSPS) is 12.4. The molecule has 2 rings (SSSR count). The van der Waals surface area contributed by atoms with Crippen molar-refractivity contribution in [3.8, 4) is 5.75 Å². The Balaban J connectivity index is 1.84. The molecule has 0 fully saturated rings. The first kappa shape index (κ1) is 19.2. The summed E-state index contributed by atoms with van der Waals surface area (Å²) in [6.07, 6.45) is 0.622. The Hall–Kier alpha value is -2.13. The average molecular weight is 383 g/mol. The van der Waals surface area contributed by atoms with E-state index in [1.807, 2.05) is 5.38 Å². The van der Waals surface area contributed by atoms with Crippen LogP contribution in [0.25, 0.3) is 0 Å². The van der Waals surface area contributed by atoms with Gasteiger partial charge in [0.2, 0.25) is 15.9 Å². The number of aromatic nitrogens is 1. The molecule has 1 amide bonds. The third-order valence-corrected chi connectivity index (χ3v) is 5.54. The van der Waals surface area contributed by atoms with Gasteiger partial charge in [-0.25, -0.2) is 13.4 Å². The van der Waals surface area contributed by atoms with Gasteiger partial charge in [-0.15, -0.1) is 11.3 Å². The number of thiazole rings is 1. The van der Waals surface area contributed by atoms with Crippen LogP contribution < -0.4 is 14.8 Å². The summed E-state index contributed by atoms with van der Waals surface area (Å²) in [5.41, 5.74) is 3.04. The van der Waals surface area contributed by atoms with Crippen molar-refractivity contribution in [1.29, 1.82) is 0 Å². The van der Waals surface area contributed by atoms with Crippen molar-refractivity contribution in [3.05, 3.63) is 40.8 Å². The van der Waals surface area contributed by atoms with Gasteiger partial charge in [-0.3, -0.25) is 9.52 Å². The maximum atomic E-state index is 12.2. The van der Waals surface area contributed by atoms with Gasteiger partial charge in [-0.1, -0.05) is 13.0 Å². The van der Waals surface area contributed by atoms with Crippen LogP contribution in [-0.4, -0.2) is 38.7 Å². The third-order valence-electron chi connectivity index (χ3n) is 3.42. The minimum Gasteiger partial charge on any atom is -0.497 e. The fourth-order valence-corrected chi connectivity index (χ4v) is 4.13. The average Bonchev–Trinajstić information content (AvgIpc) is 3.07. The summed E-state index contributed by atoms with van der Waals surface area (Å²) >= 11 is 1.50. The minimum atomic E-state index is -3.65. The number of nitrogens with one attached hydrogen (secondary N) is 2. The van der Waals surface area contributed by atoms with E-state index in [4.69, 9.17) is 4.74 Å². The van der Waals surface area contributed by atoms with E-state index in [9.17, 15) is 13.2 Å². The molecule has 2 N–H and O–H groups in total. The number of nitrogens with zero attached hydrogens (tertiary/aromatic N) is 1. The molecule has 1 aromatic heterocycles. The van der Waals surface area contributed by atoms with Gasteiger partial charge in [0, 0.05) is 24.4 Å². The number of anilines is 1. The summed E-state index contributed by atoms with van der Waals surface area (Å²) in [5, 5.41) is 4.65. The summed E-state index contributed by atoms with van der Waals surface area (Å²) in [7, 11) is -2.14. The van der Waals surface area contributed by atoms with Crippen molar-refractivity contribution in [2.24, 2.45) is 5.92 Å². The SMILES string of the molecule is COc1cccc(NS(=O)(=O)CC(C)C(=O)NCCc2cscn2)c1. The van der Waals surface area contributed by atoms with Crippen molar-refractivity contribution in [2.45, 2.75) is 13.3 Å². The quantitative estimate of drug-likeness (QED) is 0.689. The lowest BCUT2D eigenvalue weighted by Gasteiger charge is -2.14. The first-order valence-electron chi connectivity index (χ1n) is 7.69. The summed E-state index contributed by atoms with van der Waals surface area (Å²) in [6.45, 7) is 2.01. The topological polar surface area (TPSA) is 97.4 Å². The van der Waals surface area contributed by atoms with Crippen molar-refractivity contribution in [1.82, 2.24) is 10.3 Å². The molecule has 0 aliphatic heterocycles. The second-order valence-corrected chi connectivity index (χ2v) is 8.02. The molecule has 0 bridgehead atoms. The number of sulfonamides is 1. The molecule has 0 aliphatic rings. The Labute approximate surface area is 151 Å². The first-order valence-corrected chi connectivity index (χ1v) is 10.3. The van der Waals surface area contributed by atoms with Gasteiger partial charge < -0.3 is 10.1 Å². The second-order valence-electron chi connectivity index (χ2n) is 5.54. The number of hydrogen-bond donors (Lipinski definition) is 2. The van der Waals surface area contributed by atoms with Crippen LogP contribution >= 0.6 is 11.3 Å². The standard InChI is InChI=1S/C16H21N3O4S2/c1-12(16(20)17-7-6-14-9-24-11-18-14)10-25(21,22)19-13-4-3-5-15(8-13)23-2/h3-5,8-9,11-12,19H,6-7,10H2,1-2H3,(H,17,20). The van der Waals surface area contributed by atoms with Crippen LogP contribution in [0.15, 0.2) is 35.2 Å². The first-order chi connectivity index (χ1) is 11.9. The lowest BCUT2D eigenvalue weighted by Crippen LogP contribution is -2.35. The van der Waals surface area contributed by atoms with E-state index in [0.717, 1.165) is 5.69 Å². The minimum absolute atomic E-state index is 0.299. The number of carbonyl (C=O) groups is 1. The van der Waals surface area contributed by atoms with Crippen LogP contribution in [0.2, 0.25) is 0 Å². The maximum absolute atomic E-state index is 12.2. The van der Waals surface area contributed by atoms with E-state index in [1.165, 1.54) is 18.4 Å². The molecule has 0 aliphatic carbocycles. The van der Waals surface area contributed by atoms with Gasteiger partial charge in [0.05, 0.1) is 35.7 Å². The molecule has 9 heteroatoms. The van der Waals surface area contributed by atoms with Crippen LogP contribution in [0.1, 0.15) is 12.6 Å². The van der Waals surface area contributed by atoms with E-state index in [0.29, 0.717) is 24.4 Å². The highest BCUT2D eigenvalue weighted by Gasteiger charge is 2.21. The Morgan fingerprint density at radius 2 is 2.20 bits per heavy atom. The Morgan fingerprint density at radius 3 is 2.88 bits per heavy atom. The zero-order valence-corrected chi connectivity index (χ0v) is 15.7. The molecule has 1 unspecified atom stereocenters. The highest BCUT2D eigenvalue weighted by Crippen LogP contribution is 2.18. The molecule has 1 aromatic carbocycles. The van der Waals surface area contributed by atoms with Gasteiger partial charge in [0.1, 0.15) is 5.75 Å². The predicted molar refractivity (Wildman–Crippen MR) is 98.4 cm³/mol. The van der Waals surface area contributed by atoms with Gasteiger partial charge in [0.25, 0.3) is 0 Å².